The number of primary amides is 1. The molecule has 1 atom stereocenters. The Labute approximate surface area is 176 Å². The van der Waals surface area contributed by atoms with E-state index < -0.39 is 5.91 Å². The van der Waals surface area contributed by atoms with Crippen molar-refractivity contribution >= 4 is 5.91 Å². The van der Waals surface area contributed by atoms with E-state index in [1.165, 1.54) is 23.7 Å². The maximum absolute atomic E-state index is 11.1. The number of nitrogens with two attached hydrogens (primary N) is 1. The van der Waals surface area contributed by atoms with E-state index in [2.05, 4.69) is 57.7 Å². The fourth-order valence-corrected chi connectivity index (χ4v) is 3.69. The first kappa shape index (κ1) is 20.1. The third kappa shape index (κ3) is 5.23. The van der Waals surface area contributed by atoms with Crippen LogP contribution >= 0.6 is 0 Å². The van der Waals surface area contributed by atoms with Crippen LogP contribution in [0.1, 0.15) is 27.9 Å². The van der Waals surface area contributed by atoms with Gasteiger partial charge in [-0.2, -0.15) is 0 Å². The maximum Gasteiger partial charge on any atom is 0.250 e. The van der Waals surface area contributed by atoms with Crippen LogP contribution in [0.2, 0.25) is 0 Å². The van der Waals surface area contributed by atoms with Gasteiger partial charge in [-0.15, -0.1) is 0 Å². The second-order valence-corrected chi connectivity index (χ2v) is 7.53. The SMILES string of the molecule is NC(=O)c1ccc(Oc2ccc(CN(Cc3ccccc3)C3CCNC3)cc2)nc1. The molecule has 0 aliphatic carbocycles. The molecule has 1 amide bonds. The first-order valence-corrected chi connectivity index (χ1v) is 10.2. The molecule has 1 saturated heterocycles. The quantitative estimate of drug-likeness (QED) is 0.604. The van der Waals surface area contributed by atoms with Crippen molar-refractivity contribution in [2.24, 2.45) is 5.73 Å². The summed E-state index contributed by atoms with van der Waals surface area (Å²) < 4.78 is 5.78. The number of carbonyl (C=O) groups excluding carboxylic acids is 1. The highest BCUT2D eigenvalue weighted by molar-refractivity contribution is 5.92. The van der Waals surface area contributed by atoms with Crippen LogP contribution in [0.25, 0.3) is 0 Å². The number of pyridine rings is 1. The van der Waals surface area contributed by atoms with Gasteiger partial charge in [0.25, 0.3) is 0 Å². The van der Waals surface area contributed by atoms with Crippen molar-refractivity contribution in [2.75, 3.05) is 13.1 Å². The normalized spacial score (nSPS) is 16.0. The fourth-order valence-electron chi connectivity index (χ4n) is 3.69. The third-order valence-electron chi connectivity index (χ3n) is 5.33. The van der Waals surface area contributed by atoms with Crippen molar-refractivity contribution in [3.63, 3.8) is 0 Å². The molecular weight excluding hydrogens is 376 g/mol. The number of hydrogen-bond acceptors (Lipinski definition) is 5. The Bertz CT molecular complexity index is 953. The predicted molar refractivity (Wildman–Crippen MR) is 116 cm³/mol. The Morgan fingerprint density at radius 1 is 1.03 bits per heavy atom. The molecule has 0 saturated carbocycles. The van der Waals surface area contributed by atoms with Crippen LogP contribution in [0.4, 0.5) is 0 Å². The van der Waals surface area contributed by atoms with E-state index in [1.54, 1.807) is 12.1 Å². The molecule has 3 N–H and O–H groups in total. The van der Waals surface area contributed by atoms with Gasteiger partial charge in [0.15, 0.2) is 0 Å². The zero-order valence-electron chi connectivity index (χ0n) is 16.8. The Kier molecular flexibility index (Phi) is 6.37. The number of carbonyl (C=O) groups is 1. The molecule has 0 radical (unpaired) electrons. The van der Waals surface area contributed by atoms with Gasteiger partial charge < -0.3 is 15.8 Å². The van der Waals surface area contributed by atoms with Gasteiger partial charge in [0.1, 0.15) is 5.75 Å². The molecular formula is C24H26N4O2. The molecule has 1 aliphatic rings. The lowest BCUT2D eigenvalue weighted by molar-refractivity contribution is 0.1000. The second kappa shape index (κ2) is 9.52. The molecule has 30 heavy (non-hydrogen) atoms. The van der Waals surface area contributed by atoms with Crippen LogP contribution < -0.4 is 15.8 Å². The Balaban J connectivity index is 1.41. The second-order valence-electron chi connectivity index (χ2n) is 7.53. The monoisotopic (exact) mass is 402 g/mol. The molecule has 1 aromatic heterocycles. The smallest absolute Gasteiger partial charge is 0.250 e. The number of hydrogen-bond donors (Lipinski definition) is 2. The molecule has 6 nitrogen and oxygen atoms in total. The molecule has 3 aromatic rings. The number of benzene rings is 2. The third-order valence-corrected chi connectivity index (χ3v) is 5.33. The Hall–Kier alpha value is -3.22. The summed E-state index contributed by atoms with van der Waals surface area (Å²) in [6, 6.07) is 22.5. The first-order valence-electron chi connectivity index (χ1n) is 10.2. The van der Waals surface area contributed by atoms with Crippen LogP contribution in [-0.4, -0.2) is 34.9 Å². The summed E-state index contributed by atoms with van der Waals surface area (Å²) >= 11 is 0. The van der Waals surface area contributed by atoms with Gasteiger partial charge in [0.2, 0.25) is 11.8 Å². The summed E-state index contributed by atoms with van der Waals surface area (Å²) in [5.74, 6) is 0.627. The van der Waals surface area contributed by atoms with E-state index >= 15 is 0 Å². The number of aromatic nitrogens is 1. The van der Waals surface area contributed by atoms with E-state index in [0.717, 1.165) is 26.2 Å². The molecule has 1 fully saturated rings. The Morgan fingerprint density at radius 3 is 2.37 bits per heavy atom. The van der Waals surface area contributed by atoms with Gasteiger partial charge in [0, 0.05) is 37.9 Å². The van der Waals surface area contributed by atoms with Crippen LogP contribution in [0.3, 0.4) is 0 Å². The Morgan fingerprint density at radius 2 is 1.77 bits per heavy atom. The van der Waals surface area contributed by atoms with Crippen molar-refractivity contribution in [1.82, 2.24) is 15.2 Å². The zero-order valence-corrected chi connectivity index (χ0v) is 16.8. The van der Waals surface area contributed by atoms with Crippen LogP contribution in [0.15, 0.2) is 72.9 Å². The van der Waals surface area contributed by atoms with Crippen molar-refractivity contribution < 1.29 is 9.53 Å². The summed E-state index contributed by atoms with van der Waals surface area (Å²) in [6.07, 6.45) is 2.59. The van der Waals surface area contributed by atoms with Gasteiger partial charge >= 0.3 is 0 Å². The minimum atomic E-state index is -0.504. The van der Waals surface area contributed by atoms with Gasteiger partial charge in [-0.05, 0) is 42.3 Å². The largest absolute Gasteiger partial charge is 0.439 e. The number of nitrogens with one attached hydrogen (secondary N) is 1. The molecule has 6 heteroatoms. The zero-order chi connectivity index (χ0) is 20.8. The average Bonchev–Trinajstić information content (AvgIpc) is 3.31. The number of rotatable bonds is 8. The van der Waals surface area contributed by atoms with Crippen molar-refractivity contribution in [1.29, 1.82) is 0 Å². The van der Waals surface area contributed by atoms with Gasteiger partial charge in [-0.3, -0.25) is 9.69 Å². The van der Waals surface area contributed by atoms with Crippen molar-refractivity contribution in [2.45, 2.75) is 25.6 Å². The summed E-state index contributed by atoms with van der Waals surface area (Å²) in [6.45, 7) is 3.92. The van der Waals surface area contributed by atoms with Gasteiger partial charge in [0.05, 0.1) is 5.56 Å². The molecule has 154 valence electrons. The number of nitrogens with zero attached hydrogens (tertiary/aromatic N) is 2. The minimum absolute atomic E-state index is 0.359. The van der Waals surface area contributed by atoms with E-state index in [-0.39, 0.29) is 0 Å². The van der Waals surface area contributed by atoms with E-state index in [9.17, 15) is 4.79 Å². The van der Waals surface area contributed by atoms with Crippen molar-refractivity contribution in [3.8, 4) is 11.6 Å². The number of amides is 1. The highest BCUT2D eigenvalue weighted by atomic mass is 16.5. The highest BCUT2D eigenvalue weighted by Crippen LogP contribution is 2.22. The maximum atomic E-state index is 11.1. The molecule has 1 unspecified atom stereocenters. The fraction of sp³-hybridized carbons (Fsp3) is 0.250. The van der Waals surface area contributed by atoms with Crippen LogP contribution in [0, 0.1) is 0 Å². The number of ether oxygens (including phenoxy) is 1. The lowest BCUT2D eigenvalue weighted by Crippen LogP contribution is -2.35. The predicted octanol–water partition coefficient (Wildman–Crippen LogP) is 3.34. The van der Waals surface area contributed by atoms with E-state index in [0.29, 0.717) is 23.2 Å². The topological polar surface area (TPSA) is 80.5 Å². The molecule has 0 spiro atoms. The minimum Gasteiger partial charge on any atom is -0.439 e. The summed E-state index contributed by atoms with van der Waals surface area (Å²) in [7, 11) is 0. The van der Waals surface area contributed by atoms with Gasteiger partial charge in [-0.1, -0.05) is 42.5 Å². The molecule has 0 bridgehead atoms. The first-order chi connectivity index (χ1) is 14.7. The van der Waals surface area contributed by atoms with Gasteiger partial charge in [-0.25, -0.2) is 4.98 Å². The van der Waals surface area contributed by atoms with Crippen LogP contribution in [-0.2, 0) is 13.1 Å². The van der Waals surface area contributed by atoms with Crippen LogP contribution in [0.5, 0.6) is 11.6 Å². The summed E-state index contributed by atoms with van der Waals surface area (Å²) in [4.78, 5) is 17.8. The molecule has 1 aliphatic heterocycles. The summed E-state index contributed by atoms with van der Waals surface area (Å²) in [5, 5.41) is 3.47. The van der Waals surface area contributed by atoms with E-state index in [4.69, 9.17) is 10.5 Å². The lowest BCUT2D eigenvalue weighted by atomic mass is 10.1. The molecule has 4 rings (SSSR count). The highest BCUT2D eigenvalue weighted by Gasteiger charge is 2.22. The lowest BCUT2D eigenvalue weighted by Gasteiger charge is -2.28. The van der Waals surface area contributed by atoms with Crippen molar-refractivity contribution in [3.05, 3.63) is 89.6 Å². The molecule has 2 aromatic carbocycles. The average molecular weight is 402 g/mol. The summed E-state index contributed by atoms with van der Waals surface area (Å²) in [5.41, 5.74) is 8.16. The molecule has 2 heterocycles. The standard InChI is InChI=1S/C24H26N4O2/c25-24(29)20-8-11-23(27-14-20)30-22-9-6-19(7-10-22)17-28(21-12-13-26-15-21)16-18-4-2-1-3-5-18/h1-11,14,21,26H,12-13,15-17H2,(H2,25,29). The van der Waals surface area contributed by atoms with E-state index in [1.807, 2.05) is 12.1 Å².